The van der Waals surface area contributed by atoms with Crippen LogP contribution in [0.3, 0.4) is 0 Å². The third-order valence-electron chi connectivity index (χ3n) is 4.08. The van der Waals surface area contributed by atoms with E-state index in [2.05, 4.69) is 31.4 Å². The van der Waals surface area contributed by atoms with E-state index >= 15 is 0 Å². The Bertz CT molecular complexity index is 1210. The van der Waals surface area contributed by atoms with Crippen LogP contribution in [0.1, 0.15) is 15.9 Å². The Morgan fingerprint density at radius 3 is 2.67 bits per heavy atom. The zero-order valence-corrected chi connectivity index (χ0v) is 15.8. The normalized spacial score (nSPS) is 10.9. The van der Waals surface area contributed by atoms with Gasteiger partial charge in [0.2, 0.25) is 0 Å². The summed E-state index contributed by atoms with van der Waals surface area (Å²) in [4.78, 5) is 29.4. The quantitative estimate of drug-likeness (QED) is 0.548. The molecule has 4 aromatic rings. The van der Waals surface area contributed by atoms with Crippen molar-refractivity contribution in [2.24, 2.45) is 0 Å². The van der Waals surface area contributed by atoms with Crippen molar-refractivity contribution in [3.05, 3.63) is 87.0 Å². The molecule has 134 valence electrons. The molecule has 0 bridgehead atoms. The molecule has 4 rings (SSSR count). The summed E-state index contributed by atoms with van der Waals surface area (Å²) in [7, 11) is 0. The number of aryl methyl sites for hydroxylation is 1. The van der Waals surface area contributed by atoms with E-state index in [9.17, 15) is 9.59 Å². The van der Waals surface area contributed by atoms with E-state index in [1.807, 2.05) is 37.3 Å². The number of nitrogens with one attached hydrogen (secondary N) is 1. The number of halogens is 1. The van der Waals surface area contributed by atoms with Gasteiger partial charge in [0.1, 0.15) is 11.7 Å². The first-order chi connectivity index (χ1) is 13.0. The Morgan fingerprint density at radius 2 is 1.93 bits per heavy atom. The molecule has 2 aromatic heterocycles. The van der Waals surface area contributed by atoms with Gasteiger partial charge in [0.25, 0.3) is 11.5 Å². The van der Waals surface area contributed by atoms with Gasteiger partial charge in [-0.3, -0.25) is 15.0 Å². The minimum absolute atomic E-state index is 0.313. The van der Waals surface area contributed by atoms with E-state index < -0.39 is 11.5 Å². The highest BCUT2D eigenvalue weighted by Crippen LogP contribution is 2.14. The largest absolute Gasteiger partial charge is 0.283 e. The molecule has 2 heterocycles. The molecule has 27 heavy (non-hydrogen) atoms. The average Bonchev–Trinajstić information content (AvgIpc) is 3.09. The molecule has 2 aromatic carbocycles. The maximum Gasteiger partial charge on any atom is 0.283 e. The van der Waals surface area contributed by atoms with Gasteiger partial charge in [0, 0.05) is 10.0 Å². The molecule has 0 aliphatic rings. The highest BCUT2D eigenvalue weighted by molar-refractivity contribution is 9.10. The molecule has 0 radical (unpaired) electrons. The molecule has 0 fully saturated rings. The summed E-state index contributed by atoms with van der Waals surface area (Å²) in [5.41, 5.74) is 4.93. The first kappa shape index (κ1) is 17.2. The molecule has 1 amide bonds. The Kier molecular flexibility index (Phi) is 4.33. The molecule has 0 atom stereocenters. The van der Waals surface area contributed by atoms with E-state index in [-0.39, 0.29) is 0 Å². The van der Waals surface area contributed by atoms with Crippen LogP contribution in [-0.4, -0.2) is 25.3 Å². The van der Waals surface area contributed by atoms with Gasteiger partial charge in [-0.1, -0.05) is 39.7 Å². The fourth-order valence-corrected chi connectivity index (χ4v) is 3.07. The second kappa shape index (κ2) is 6.81. The SMILES string of the molecule is Cc1ccc(-n2ncc3c(=O)n(NC(=O)c4cccc(Br)c4)cnc32)cc1. The Balaban J connectivity index is 1.70. The molecule has 7 nitrogen and oxygen atoms in total. The van der Waals surface area contributed by atoms with Crippen LogP contribution in [0.2, 0.25) is 0 Å². The lowest BCUT2D eigenvalue weighted by Crippen LogP contribution is -2.33. The lowest BCUT2D eigenvalue weighted by atomic mass is 10.2. The van der Waals surface area contributed by atoms with Crippen molar-refractivity contribution in [3.8, 4) is 5.69 Å². The smallest absolute Gasteiger partial charge is 0.267 e. The molecule has 1 N–H and O–H groups in total. The Morgan fingerprint density at radius 1 is 1.15 bits per heavy atom. The zero-order chi connectivity index (χ0) is 19.0. The van der Waals surface area contributed by atoms with Crippen LogP contribution in [0.4, 0.5) is 0 Å². The van der Waals surface area contributed by atoms with Gasteiger partial charge in [-0.15, -0.1) is 0 Å². The molecule has 0 aliphatic carbocycles. The maximum absolute atomic E-state index is 12.7. The number of hydrogen-bond acceptors (Lipinski definition) is 4. The molecule has 0 saturated heterocycles. The first-order valence-electron chi connectivity index (χ1n) is 8.12. The summed E-state index contributed by atoms with van der Waals surface area (Å²) in [6.07, 6.45) is 2.74. The van der Waals surface area contributed by atoms with Gasteiger partial charge in [-0.25, -0.2) is 14.3 Å². The fraction of sp³-hybridized carbons (Fsp3) is 0.0526. The van der Waals surface area contributed by atoms with Gasteiger partial charge >= 0.3 is 0 Å². The van der Waals surface area contributed by atoms with Crippen LogP contribution < -0.4 is 11.0 Å². The number of hydrogen-bond donors (Lipinski definition) is 1. The number of nitrogens with zero attached hydrogens (tertiary/aromatic N) is 4. The third-order valence-corrected chi connectivity index (χ3v) is 4.57. The summed E-state index contributed by atoms with van der Waals surface area (Å²) >= 11 is 3.32. The standard InChI is InChI=1S/C19H14BrN5O2/c1-12-5-7-15(8-6-12)25-17-16(10-22-25)19(27)24(11-21-17)23-18(26)13-3-2-4-14(20)9-13/h2-11H,1H3,(H,23,26). The van der Waals surface area contributed by atoms with Crippen molar-refractivity contribution < 1.29 is 4.79 Å². The first-order valence-corrected chi connectivity index (χ1v) is 8.91. The van der Waals surface area contributed by atoms with E-state index in [1.165, 1.54) is 12.5 Å². The molecule has 0 spiro atoms. The lowest BCUT2D eigenvalue weighted by molar-refractivity contribution is 0.101. The second-order valence-electron chi connectivity index (χ2n) is 6.00. The number of carbonyl (C=O) groups is 1. The highest BCUT2D eigenvalue weighted by Gasteiger charge is 2.13. The van der Waals surface area contributed by atoms with E-state index in [4.69, 9.17) is 0 Å². The van der Waals surface area contributed by atoms with Gasteiger partial charge in [0.15, 0.2) is 5.65 Å². The van der Waals surface area contributed by atoms with Crippen molar-refractivity contribution in [2.45, 2.75) is 6.92 Å². The monoisotopic (exact) mass is 423 g/mol. The molecule has 0 saturated carbocycles. The summed E-state index contributed by atoms with van der Waals surface area (Å²) in [6, 6.07) is 14.6. The zero-order valence-electron chi connectivity index (χ0n) is 14.3. The number of fused-ring (bicyclic) bond motifs is 1. The maximum atomic E-state index is 12.7. The number of benzene rings is 2. The van der Waals surface area contributed by atoms with Gasteiger partial charge in [-0.05, 0) is 37.3 Å². The molecular formula is C19H14BrN5O2. The number of carbonyl (C=O) groups excluding carboxylic acids is 1. The lowest BCUT2D eigenvalue weighted by Gasteiger charge is -2.08. The molecule has 8 heteroatoms. The van der Waals surface area contributed by atoms with Crippen LogP contribution >= 0.6 is 15.9 Å². The van der Waals surface area contributed by atoms with Crippen LogP contribution in [0, 0.1) is 6.92 Å². The van der Waals surface area contributed by atoms with Crippen LogP contribution in [0.25, 0.3) is 16.7 Å². The van der Waals surface area contributed by atoms with Gasteiger partial charge < -0.3 is 0 Å². The van der Waals surface area contributed by atoms with Crippen molar-refractivity contribution >= 4 is 32.9 Å². The minimum Gasteiger partial charge on any atom is -0.267 e. The second-order valence-corrected chi connectivity index (χ2v) is 6.92. The van der Waals surface area contributed by atoms with Gasteiger partial charge in [-0.2, -0.15) is 5.10 Å². The molecular weight excluding hydrogens is 410 g/mol. The van der Waals surface area contributed by atoms with Crippen molar-refractivity contribution in [2.75, 3.05) is 5.43 Å². The minimum atomic E-state index is -0.412. The van der Waals surface area contributed by atoms with Crippen molar-refractivity contribution in [3.63, 3.8) is 0 Å². The predicted molar refractivity (Wildman–Crippen MR) is 106 cm³/mol. The molecule has 0 unspecified atom stereocenters. The molecule has 0 aliphatic heterocycles. The van der Waals surface area contributed by atoms with Crippen LogP contribution in [0.15, 0.2) is 70.3 Å². The van der Waals surface area contributed by atoms with Crippen LogP contribution in [-0.2, 0) is 0 Å². The van der Waals surface area contributed by atoms with Gasteiger partial charge in [0.05, 0.1) is 11.9 Å². The topological polar surface area (TPSA) is 81.8 Å². The fourth-order valence-electron chi connectivity index (χ4n) is 2.67. The number of rotatable bonds is 3. The third kappa shape index (κ3) is 3.26. The highest BCUT2D eigenvalue weighted by atomic mass is 79.9. The number of aromatic nitrogens is 4. The van der Waals surface area contributed by atoms with Crippen LogP contribution in [0.5, 0.6) is 0 Å². The Hall–Kier alpha value is -3.26. The predicted octanol–water partition coefficient (Wildman–Crippen LogP) is 3.04. The number of amides is 1. The van der Waals surface area contributed by atoms with Crippen molar-refractivity contribution in [1.82, 2.24) is 19.4 Å². The average molecular weight is 424 g/mol. The Labute approximate surface area is 162 Å². The summed E-state index contributed by atoms with van der Waals surface area (Å²) in [5, 5.41) is 4.58. The van der Waals surface area contributed by atoms with Crippen molar-refractivity contribution in [1.29, 1.82) is 0 Å². The van der Waals surface area contributed by atoms with E-state index in [0.717, 1.165) is 20.4 Å². The summed E-state index contributed by atoms with van der Waals surface area (Å²) < 4.78 is 3.43. The van der Waals surface area contributed by atoms with E-state index in [0.29, 0.717) is 16.6 Å². The van der Waals surface area contributed by atoms with E-state index in [1.54, 1.807) is 22.9 Å². The summed E-state index contributed by atoms with van der Waals surface area (Å²) in [5.74, 6) is -0.412. The summed E-state index contributed by atoms with van der Waals surface area (Å²) in [6.45, 7) is 2.00.